The van der Waals surface area contributed by atoms with E-state index in [1.54, 1.807) is 5.57 Å². The third kappa shape index (κ3) is 3.08. The average molecular weight is 387 g/mol. The maximum atomic E-state index is 11.4. The van der Waals surface area contributed by atoms with Crippen molar-refractivity contribution in [2.24, 2.45) is 40.4 Å². The molecule has 0 aromatic carbocycles. The van der Waals surface area contributed by atoms with Crippen LogP contribution in [0.2, 0.25) is 0 Å². The van der Waals surface area contributed by atoms with E-state index in [0.29, 0.717) is 22.7 Å². The van der Waals surface area contributed by atoms with E-state index in [4.69, 9.17) is 4.74 Å². The van der Waals surface area contributed by atoms with Crippen LogP contribution in [-0.2, 0) is 14.3 Å². The van der Waals surface area contributed by atoms with Crippen LogP contribution in [-0.4, -0.2) is 18.4 Å². The van der Waals surface area contributed by atoms with Gasteiger partial charge in [-0.2, -0.15) is 0 Å². The highest BCUT2D eigenvalue weighted by Gasteiger charge is 2.59. The number of hydrogen-bond donors (Lipinski definition) is 0. The second kappa shape index (κ2) is 7.29. The molecule has 3 heteroatoms. The Morgan fingerprint density at radius 2 is 2.00 bits per heavy atom. The van der Waals surface area contributed by atoms with Crippen LogP contribution >= 0.6 is 0 Å². The molecule has 0 spiro atoms. The minimum Gasteiger partial charge on any atom is -0.462 e. The molecule has 0 heterocycles. The molecule has 156 valence electrons. The van der Waals surface area contributed by atoms with Crippen molar-refractivity contribution < 1.29 is 14.3 Å². The molecule has 0 amide bonds. The van der Waals surface area contributed by atoms with Gasteiger partial charge < -0.3 is 9.53 Å². The Bertz CT molecular complexity index is 667. The number of fused-ring (bicyclic) bond motifs is 5. The second-order valence-electron chi connectivity index (χ2n) is 10.8. The highest BCUT2D eigenvalue weighted by Crippen LogP contribution is 2.67. The summed E-state index contributed by atoms with van der Waals surface area (Å²) in [7, 11) is 0. The van der Waals surface area contributed by atoms with Crippen LogP contribution in [0.25, 0.3) is 0 Å². The first kappa shape index (κ1) is 20.2. The van der Waals surface area contributed by atoms with Gasteiger partial charge in [0, 0.05) is 19.8 Å². The molecule has 0 aliphatic heterocycles. The van der Waals surface area contributed by atoms with Crippen molar-refractivity contribution in [2.45, 2.75) is 91.6 Å². The molecule has 3 saturated carbocycles. The fourth-order valence-electron chi connectivity index (χ4n) is 8.25. The number of rotatable bonds is 4. The predicted octanol–water partition coefficient (Wildman–Crippen LogP) is 5.72. The summed E-state index contributed by atoms with van der Waals surface area (Å²) in [5.41, 5.74) is 2.28. The van der Waals surface area contributed by atoms with Gasteiger partial charge in [0.05, 0.1) is 0 Å². The van der Waals surface area contributed by atoms with Gasteiger partial charge in [0.2, 0.25) is 0 Å². The Labute approximate surface area is 170 Å². The summed E-state index contributed by atoms with van der Waals surface area (Å²) in [6.45, 7) is 8.88. The van der Waals surface area contributed by atoms with E-state index in [1.165, 1.54) is 39.0 Å². The molecule has 0 N–H and O–H groups in total. The Morgan fingerprint density at radius 1 is 1.21 bits per heavy atom. The molecule has 0 aromatic rings. The highest BCUT2D eigenvalue weighted by molar-refractivity contribution is 5.66. The first-order chi connectivity index (χ1) is 13.3. The molecule has 0 saturated heterocycles. The van der Waals surface area contributed by atoms with Crippen LogP contribution in [0, 0.1) is 40.4 Å². The van der Waals surface area contributed by atoms with Crippen molar-refractivity contribution in [1.82, 2.24) is 0 Å². The summed E-state index contributed by atoms with van der Waals surface area (Å²) < 4.78 is 5.56. The quantitative estimate of drug-likeness (QED) is 0.352. The van der Waals surface area contributed by atoms with Crippen LogP contribution < -0.4 is 0 Å². The number of ether oxygens (including phenoxy) is 1. The van der Waals surface area contributed by atoms with Gasteiger partial charge in [-0.15, -0.1) is 0 Å². The van der Waals surface area contributed by atoms with E-state index in [0.717, 1.165) is 49.7 Å². The van der Waals surface area contributed by atoms with Gasteiger partial charge in [0.15, 0.2) is 0 Å². The lowest BCUT2D eigenvalue weighted by atomic mass is 9.47. The van der Waals surface area contributed by atoms with Gasteiger partial charge in [-0.3, -0.25) is 4.79 Å². The zero-order chi connectivity index (χ0) is 20.1. The molecule has 0 aromatic heterocycles. The lowest BCUT2D eigenvalue weighted by molar-refractivity contribution is -0.148. The Kier molecular flexibility index (Phi) is 5.25. The van der Waals surface area contributed by atoms with Crippen LogP contribution in [0.4, 0.5) is 0 Å². The normalized spacial score (nSPS) is 45.9. The number of hydrogen-bond acceptors (Lipinski definition) is 3. The number of allylic oxidation sites excluding steroid dienone is 1. The Morgan fingerprint density at radius 3 is 2.71 bits per heavy atom. The fourth-order valence-corrected chi connectivity index (χ4v) is 8.25. The fraction of sp³-hybridized carbons (Fsp3) is 0.840. The summed E-state index contributed by atoms with van der Waals surface area (Å²) in [6.07, 6.45) is 14.1. The number of carbonyl (C=O) groups is 2. The molecule has 3 nitrogen and oxygen atoms in total. The lowest BCUT2D eigenvalue weighted by Crippen LogP contribution is -2.51. The third-order valence-corrected chi connectivity index (χ3v) is 9.62. The summed E-state index contributed by atoms with van der Waals surface area (Å²) >= 11 is 0. The van der Waals surface area contributed by atoms with Crippen LogP contribution in [0.5, 0.6) is 0 Å². The molecule has 4 aliphatic carbocycles. The molecule has 8 atom stereocenters. The Hall–Kier alpha value is -1.12. The van der Waals surface area contributed by atoms with Crippen molar-refractivity contribution in [3.8, 4) is 0 Å². The van der Waals surface area contributed by atoms with Crippen molar-refractivity contribution in [2.75, 3.05) is 0 Å². The van der Waals surface area contributed by atoms with E-state index >= 15 is 0 Å². The van der Waals surface area contributed by atoms with Crippen molar-refractivity contribution >= 4 is 12.3 Å². The molecule has 3 fully saturated rings. The Balaban J connectivity index is 1.55. The van der Waals surface area contributed by atoms with Gasteiger partial charge in [-0.05, 0) is 85.4 Å². The third-order valence-electron chi connectivity index (χ3n) is 9.62. The minimum atomic E-state index is -0.141. The van der Waals surface area contributed by atoms with Gasteiger partial charge >= 0.3 is 5.97 Å². The van der Waals surface area contributed by atoms with Crippen LogP contribution in [0.1, 0.15) is 85.5 Å². The molecule has 4 aliphatic rings. The van der Waals surface area contributed by atoms with Crippen molar-refractivity contribution in [3.63, 3.8) is 0 Å². The van der Waals surface area contributed by atoms with Gasteiger partial charge in [-0.1, -0.05) is 32.4 Å². The summed E-state index contributed by atoms with van der Waals surface area (Å²) in [6, 6.07) is 0. The standard InChI is InChI=1S/C25H38O3/c1-16(11-14-26)21-7-8-22-20-6-5-18-15-19(28-17(2)27)9-12-24(18,3)23(20)10-13-25(21,22)4/h5,14,16,19-23H,6-13,15H2,1-4H3/t16-,19+,20+,21-,22+,23+,24+,25-/m1/s1. The largest absolute Gasteiger partial charge is 0.462 e. The summed E-state index contributed by atoms with van der Waals surface area (Å²) in [4.78, 5) is 22.5. The monoisotopic (exact) mass is 386 g/mol. The molecule has 28 heavy (non-hydrogen) atoms. The van der Waals surface area contributed by atoms with Gasteiger partial charge in [0.25, 0.3) is 0 Å². The maximum Gasteiger partial charge on any atom is 0.302 e. The zero-order valence-corrected chi connectivity index (χ0v) is 18.2. The van der Waals surface area contributed by atoms with E-state index in [2.05, 4.69) is 26.8 Å². The molecular formula is C25H38O3. The number of carbonyl (C=O) groups excluding carboxylic acids is 2. The van der Waals surface area contributed by atoms with E-state index in [1.807, 2.05) is 0 Å². The second-order valence-corrected chi connectivity index (χ2v) is 10.8. The summed E-state index contributed by atoms with van der Waals surface area (Å²) in [5, 5.41) is 0. The molecule has 0 unspecified atom stereocenters. The van der Waals surface area contributed by atoms with E-state index in [-0.39, 0.29) is 12.1 Å². The topological polar surface area (TPSA) is 43.4 Å². The van der Waals surface area contributed by atoms with Crippen molar-refractivity contribution in [1.29, 1.82) is 0 Å². The first-order valence-electron chi connectivity index (χ1n) is 11.6. The van der Waals surface area contributed by atoms with Crippen LogP contribution in [0.3, 0.4) is 0 Å². The molecule has 4 rings (SSSR count). The molecule has 0 radical (unpaired) electrons. The average Bonchev–Trinajstić information content (AvgIpc) is 2.99. The van der Waals surface area contributed by atoms with Gasteiger partial charge in [0.1, 0.15) is 12.4 Å². The number of esters is 1. The minimum absolute atomic E-state index is 0.0854. The molecular weight excluding hydrogens is 348 g/mol. The van der Waals surface area contributed by atoms with Gasteiger partial charge in [-0.25, -0.2) is 0 Å². The smallest absolute Gasteiger partial charge is 0.302 e. The lowest BCUT2D eigenvalue weighted by Gasteiger charge is -2.58. The first-order valence-corrected chi connectivity index (χ1v) is 11.6. The predicted molar refractivity (Wildman–Crippen MR) is 111 cm³/mol. The van der Waals surface area contributed by atoms with E-state index in [9.17, 15) is 9.59 Å². The summed E-state index contributed by atoms with van der Waals surface area (Å²) in [5.74, 6) is 3.48. The van der Waals surface area contributed by atoms with Crippen molar-refractivity contribution in [3.05, 3.63) is 11.6 Å². The molecule has 0 bridgehead atoms. The van der Waals surface area contributed by atoms with E-state index < -0.39 is 0 Å². The van der Waals surface area contributed by atoms with Crippen LogP contribution in [0.15, 0.2) is 11.6 Å². The zero-order valence-electron chi connectivity index (χ0n) is 18.2. The maximum absolute atomic E-state index is 11.4. The number of aldehydes is 1. The highest BCUT2D eigenvalue weighted by atomic mass is 16.5. The SMILES string of the molecule is CC(=O)O[C@H]1CC[C@@]2(C)C(=CC[C@H]3[C@@H]4CC[C@H]([C@H](C)CC=O)[C@@]4(C)CC[C@@H]32)C1.